The van der Waals surface area contributed by atoms with Crippen molar-refractivity contribution < 1.29 is 14.3 Å². The number of hydrogen-bond donors (Lipinski definition) is 1. The summed E-state index contributed by atoms with van der Waals surface area (Å²) in [6.07, 6.45) is 3.21. The van der Waals surface area contributed by atoms with Crippen molar-refractivity contribution in [2.24, 2.45) is 11.3 Å². The van der Waals surface area contributed by atoms with Crippen LogP contribution in [0.4, 0.5) is 0 Å². The van der Waals surface area contributed by atoms with E-state index in [1.165, 1.54) is 0 Å². The number of esters is 1. The summed E-state index contributed by atoms with van der Waals surface area (Å²) in [5, 5.41) is 2.75. The third-order valence-corrected chi connectivity index (χ3v) is 2.72. The van der Waals surface area contributed by atoms with Gasteiger partial charge in [-0.05, 0) is 18.3 Å². The van der Waals surface area contributed by atoms with Crippen LogP contribution in [0, 0.1) is 11.3 Å². The Labute approximate surface area is 109 Å². The van der Waals surface area contributed by atoms with E-state index >= 15 is 0 Å². The first-order valence-electron chi connectivity index (χ1n) is 6.50. The highest BCUT2D eigenvalue weighted by molar-refractivity contribution is 5.97. The summed E-state index contributed by atoms with van der Waals surface area (Å²) in [4.78, 5) is 23.7. The predicted octanol–water partition coefficient (Wildman–Crippen LogP) is 2.05. The third kappa shape index (κ3) is 4.17. The van der Waals surface area contributed by atoms with Crippen molar-refractivity contribution >= 4 is 11.9 Å². The van der Waals surface area contributed by atoms with E-state index in [0.717, 1.165) is 6.42 Å². The largest absolute Gasteiger partial charge is 0.462 e. The molecule has 0 aromatic carbocycles. The quantitative estimate of drug-likeness (QED) is 0.616. The Hall–Kier alpha value is -1.32. The van der Waals surface area contributed by atoms with E-state index < -0.39 is 0 Å². The topological polar surface area (TPSA) is 55.4 Å². The molecule has 1 amide bonds. The van der Waals surface area contributed by atoms with Crippen LogP contribution < -0.4 is 5.32 Å². The van der Waals surface area contributed by atoms with Crippen molar-refractivity contribution in [1.82, 2.24) is 5.32 Å². The number of nitrogens with one attached hydrogen (secondary N) is 1. The average molecular weight is 253 g/mol. The Morgan fingerprint density at radius 2 is 2.17 bits per heavy atom. The van der Waals surface area contributed by atoms with Gasteiger partial charge in [0.2, 0.25) is 5.91 Å². The fraction of sp³-hybridized carbons (Fsp3) is 0.714. The third-order valence-electron chi connectivity index (χ3n) is 2.72. The number of allylic oxidation sites excluding steroid dienone is 1. The summed E-state index contributed by atoms with van der Waals surface area (Å²) < 4.78 is 5.29. The Morgan fingerprint density at radius 3 is 2.61 bits per heavy atom. The van der Waals surface area contributed by atoms with Crippen molar-refractivity contribution in [3.8, 4) is 0 Å². The first-order valence-corrected chi connectivity index (χ1v) is 6.50. The van der Waals surface area contributed by atoms with Gasteiger partial charge in [-0.15, -0.1) is 0 Å². The zero-order chi connectivity index (χ0) is 13.8. The average Bonchev–Trinajstić information content (AvgIpc) is 2.68. The summed E-state index contributed by atoms with van der Waals surface area (Å²) in [7, 11) is 0. The molecular weight excluding hydrogens is 230 g/mol. The van der Waals surface area contributed by atoms with Crippen LogP contribution in [0.2, 0.25) is 0 Å². The SMILES string of the molecule is CCC=C(C(=O)OCC(C)(C)C)[C@@H]1CCNC1=O. The van der Waals surface area contributed by atoms with Gasteiger partial charge >= 0.3 is 5.97 Å². The van der Waals surface area contributed by atoms with Crippen LogP contribution in [0.5, 0.6) is 0 Å². The minimum atomic E-state index is -0.353. The summed E-state index contributed by atoms with van der Waals surface area (Å²) >= 11 is 0. The van der Waals surface area contributed by atoms with Crippen molar-refractivity contribution in [3.63, 3.8) is 0 Å². The molecule has 0 spiro atoms. The first kappa shape index (κ1) is 14.7. The molecule has 1 N–H and O–H groups in total. The molecule has 0 bridgehead atoms. The molecule has 1 aliphatic heterocycles. The second kappa shape index (κ2) is 6.03. The monoisotopic (exact) mass is 253 g/mol. The fourth-order valence-electron chi connectivity index (χ4n) is 1.84. The van der Waals surface area contributed by atoms with Gasteiger partial charge < -0.3 is 10.1 Å². The minimum absolute atomic E-state index is 0.0646. The molecule has 0 aromatic heterocycles. The molecule has 0 aliphatic carbocycles. The first-order chi connectivity index (χ1) is 8.35. The van der Waals surface area contributed by atoms with Gasteiger partial charge in [0.15, 0.2) is 0 Å². The summed E-state index contributed by atoms with van der Waals surface area (Å²) in [5.41, 5.74) is 0.446. The van der Waals surface area contributed by atoms with Crippen LogP contribution in [0.25, 0.3) is 0 Å². The molecular formula is C14H23NO3. The van der Waals surface area contributed by atoms with Gasteiger partial charge in [0.1, 0.15) is 0 Å². The molecule has 1 rings (SSSR count). The summed E-state index contributed by atoms with van der Waals surface area (Å²) in [6, 6.07) is 0. The minimum Gasteiger partial charge on any atom is -0.462 e. The Kier molecular flexibility index (Phi) is 4.93. The molecule has 1 fully saturated rings. The van der Waals surface area contributed by atoms with Crippen LogP contribution in [0.3, 0.4) is 0 Å². The predicted molar refractivity (Wildman–Crippen MR) is 69.9 cm³/mol. The van der Waals surface area contributed by atoms with Gasteiger partial charge in [-0.3, -0.25) is 4.79 Å². The lowest BCUT2D eigenvalue weighted by molar-refractivity contribution is -0.143. The van der Waals surface area contributed by atoms with Crippen molar-refractivity contribution in [1.29, 1.82) is 0 Å². The fourth-order valence-corrected chi connectivity index (χ4v) is 1.84. The van der Waals surface area contributed by atoms with Gasteiger partial charge in [-0.25, -0.2) is 4.79 Å². The normalized spacial score (nSPS) is 20.8. The molecule has 1 aliphatic rings. The van der Waals surface area contributed by atoms with Gasteiger partial charge in [-0.1, -0.05) is 33.8 Å². The van der Waals surface area contributed by atoms with E-state index in [0.29, 0.717) is 25.1 Å². The van der Waals surface area contributed by atoms with E-state index in [1.807, 2.05) is 27.7 Å². The van der Waals surface area contributed by atoms with Crippen LogP contribution in [-0.4, -0.2) is 25.0 Å². The molecule has 18 heavy (non-hydrogen) atoms. The number of carbonyl (C=O) groups is 2. The molecule has 0 saturated carbocycles. The highest BCUT2D eigenvalue weighted by Gasteiger charge is 2.32. The highest BCUT2D eigenvalue weighted by atomic mass is 16.5. The van der Waals surface area contributed by atoms with Crippen molar-refractivity contribution in [3.05, 3.63) is 11.6 Å². The van der Waals surface area contributed by atoms with E-state index in [1.54, 1.807) is 6.08 Å². The second-order valence-corrected chi connectivity index (χ2v) is 5.84. The van der Waals surface area contributed by atoms with E-state index in [2.05, 4.69) is 5.32 Å². The maximum absolute atomic E-state index is 12.0. The van der Waals surface area contributed by atoms with Gasteiger partial charge in [0.25, 0.3) is 0 Å². The molecule has 1 heterocycles. The van der Waals surface area contributed by atoms with E-state index in [4.69, 9.17) is 4.74 Å². The molecule has 4 heteroatoms. The van der Waals surface area contributed by atoms with E-state index in [-0.39, 0.29) is 23.2 Å². The van der Waals surface area contributed by atoms with Crippen molar-refractivity contribution in [2.45, 2.75) is 40.5 Å². The number of rotatable bonds is 4. The number of hydrogen-bond acceptors (Lipinski definition) is 3. The number of ether oxygens (including phenoxy) is 1. The second-order valence-electron chi connectivity index (χ2n) is 5.84. The molecule has 1 saturated heterocycles. The molecule has 0 unspecified atom stereocenters. The van der Waals surface area contributed by atoms with Crippen LogP contribution in [0.1, 0.15) is 40.5 Å². The molecule has 1 atom stereocenters. The number of carbonyl (C=O) groups excluding carboxylic acids is 2. The van der Waals surface area contributed by atoms with Crippen LogP contribution in [0.15, 0.2) is 11.6 Å². The Morgan fingerprint density at radius 1 is 1.50 bits per heavy atom. The standard InChI is InChI=1S/C14H23NO3/c1-5-6-11(10-7-8-15-12(10)16)13(17)18-9-14(2,3)4/h6,10H,5,7-9H2,1-4H3,(H,15,16)/t10-/m0/s1. The maximum Gasteiger partial charge on any atom is 0.334 e. The molecule has 102 valence electrons. The van der Waals surface area contributed by atoms with Gasteiger partial charge in [-0.2, -0.15) is 0 Å². The van der Waals surface area contributed by atoms with Crippen molar-refractivity contribution in [2.75, 3.05) is 13.2 Å². The Bertz CT molecular complexity index is 353. The molecule has 0 radical (unpaired) electrons. The zero-order valence-corrected chi connectivity index (χ0v) is 11.7. The lowest BCUT2D eigenvalue weighted by Crippen LogP contribution is -2.26. The van der Waals surface area contributed by atoms with Crippen LogP contribution >= 0.6 is 0 Å². The van der Waals surface area contributed by atoms with Gasteiger partial charge in [0, 0.05) is 12.1 Å². The summed E-state index contributed by atoms with van der Waals surface area (Å²) in [6.45, 7) is 8.96. The smallest absolute Gasteiger partial charge is 0.334 e. The van der Waals surface area contributed by atoms with Gasteiger partial charge in [0.05, 0.1) is 12.5 Å². The van der Waals surface area contributed by atoms with E-state index in [9.17, 15) is 9.59 Å². The number of amides is 1. The highest BCUT2D eigenvalue weighted by Crippen LogP contribution is 2.23. The molecule has 0 aromatic rings. The maximum atomic E-state index is 12.0. The lowest BCUT2D eigenvalue weighted by Gasteiger charge is -2.19. The zero-order valence-electron chi connectivity index (χ0n) is 11.7. The van der Waals surface area contributed by atoms with Crippen LogP contribution in [-0.2, 0) is 14.3 Å². The molecule has 4 nitrogen and oxygen atoms in total. The lowest BCUT2D eigenvalue weighted by atomic mass is 9.96. The summed E-state index contributed by atoms with van der Waals surface area (Å²) in [5.74, 6) is -0.756. The Balaban J connectivity index is 2.71.